The Morgan fingerprint density at radius 1 is 0.929 bits per heavy atom. The van der Waals surface area contributed by atoms with Crippen LogP contribution in [-0.2, 0) is 9.59 Å². The third-order valence-electron chi connectivity index (χ3n) is 5.96. The maximum absolute atomic E-state index is 13.5. The molecule has 2 amide bonds. The van der Waals surface area contributed by atoms with Crippen molar-refractivity contribution < 1.29 is 14.3 Å². The van der Waals surface area contributed by atoms with E-state index in [9.17, 15) is 9.59 Å². The number of hydrazine groups is 1. The lowest BCUT2D eigenvalue weighted by Crippen LogP contribution is -2.44. The maximum Gasteiger partial charge on any atom is 0.253 e. The van der Waals surface area contributed by atoms with E-state index in [1.165, 1.54) is 4.90 Å². The fourth-order valence-electron chi connectivity index (χ4n) is 4.78. The molecule has 3 fully saturated rings. The van der Waals surface area contributed by atoms with Gasteiger partial charge in [-0.25, -0.2) is 14.9 Å². The third-order valence-corrected chi connectivity index (χ3v) is 6.63. The molecule has 0 radical (unpaired) electrons. The van der Waals surface area contributed by atoms with Crippen LogP contribution < -0.4 is 9.64 Å². The SMILES string of the molecule is COc1ccc(C2C3C(=O)N(c4ccccc4Br)C(=O)C3N3CCCN23)cc1. The van der Waals surface area contributed by atoms with E-state index < -0.39 is 12.0 Å². The molecule has 0 N–H and O–H groups in total. The van der Waals surface area contributed by atoms with E-state index in [0.29, 0.717) is 5.69 Å². The third kappa shape index (κ3) is 2.46. The molecule has 2 aromatic carbocycles. The van der Waals surface area contributed by atoms with Gasteiger partial charge in [-0.05, 0) is 52.2 Å². The summed E-state index contributed by atoms with van der Waals surface area (Å²) in [6.45, 7) is 1.66. The Morgan fingerprint density at radius 3 is 2.29 bits per heavy atom. The Bertz CT molecular complexity index is 948. The first kappa shape index (κ1) is 17.8. The number of imide groups is 1. The molecule has 3 saturated heterocycles. The number of carbonyl (C=O) groups is 2. The smallest absolute Gasteiger partial charge is 0.253 e. The van der Waals surface area contributed by atoms with E-state index in [0.717, 1.165) is 35.3 Å². The summed E-state index contributed by atoms with van der Waals surface area (Å²) in [6, 6.07) is 14.6. The normalized spacial score (nSPS) is 27.4. The minimum absolute atomic E-state index is 0.128. The first-order valence-corrected chi connectivity index (χ1v) is 10.2. The van der Waals surface area contributed by atoms with Crippen molar-refractivity contribution in [3.8, 4) is 5.75 Å². The van der Waals surface area contributed by atoms with Crippen LogP contribution in [0.3, 0.4) is 0 Å². The van der Waals surface area contributed by atoms with Gasteiger partial charge in [0.1, 0.15) is 11.8 Å². The highest BCUT2D eigenvalue weighted by Gasteiger charge is 2.62. The second-order valence-corrected chi connectivity index (χ2v) is 8.19. The van der Waals surface area contributed by atoms with Crippen LogP contribution in [0.5, 0.6) is 5.75 Å². The number of methoxy groups -OCH3 is 1. The summed E-state index contributed by atoms with van der Waals surface area (Å²) in [5.41, 5.74) is 1.65. The van der Waals surface area contributed by atoms with Gasteiger partial charge in [0, 0.05) is 17.6 Å². The standard InChI is InChI=1S/C21H20BrN3O3/c1-28-14-9-7-13(8-10-14)18-17-19(24-12-4-11-23(18)24)21(27)25(20(17)26)16-6-3-2-5-15(16)22/h2-3,5-10,17-19H,4,11-12H2,1H3. The quantitative estimate of drug-likeness (QED) is 0.685. The molecule has 28 heavy (non-hydrogen) atoms. The minimum atomic E-state index is -0.436. The monoisotopic (exact) mass is 441 g/mol. The topological polar surface area (TPSA) is 53.1 Å². The van der Waals surface area contributed by atoms with Crippen molar-refractivity contribution in [2.24, 2.45) is 5.92 Å². The molecule has 7 heteroatoms. The first-order chi connectivity index (χ1) is 13.6. The first-order valence-electron chi connectivity index (χ1n) is 9.41. The van der Waals surface area contributed by atoms with Crippen molar-refractivity contribution in [3.63, 3.8) is 0 Å². The number of fused-ring (bicyclic) bond motifs is 3. The molecule has 3 unspecified atom stereocenters. The molecular weight excluding hydrogens is 422 g/mol. The largest absolute Gasteiger partial charge is 0.497 e. The second-order valence-electron chi connectivity index (χ2n) is 7.33. The Hall–Kier alpha value is -2.22. The van der Waals surface area contributed by atoms with Crippen LogP contribution in [0.25, 0.3) is 0 Å². The molecule has 5 rings (SSSR count). The predicted molar refractivity (Wildman–Crippen MR) is 108 cm³/mol. The summed E-state index contributed by atoms with van der Waals surface area (Å²) in [4.78, 5) is 28.2. The number of ether oxygens (including phenoxy) is 1. The van der Waals surface area contributed by atoms with Crippen molar-refractivity contribution in [3.05, 3.63) is 58.6 Å². The van der Waals surface area contributed by atoms with Gasteiger partial charge in [0.2, 0.25) is 5.91 Å². The van der Waals surface area contributed by atoms with Crippen LogP contribution in [0.1, 0.15) is 18.0 Å². The van der Waals surface area contributed by atoms with E-state index in [-0.39, 0.29) is 17.9 Å². The van der Waals surface area contributed by atoms with Gasteiger partial charge in [-0.3, -0.25) is 9.59 Å². The fraction of sp³-hybridized carbons (Fsp3) is 0.333. The van der Waals surface area contributed by atoms with Crippen LogP contribution in [-0.4, -0.2) is 48.1 Å². The van der Waals surface area contributed by atoms with Gasteiger partial charge in [0.15, 0.2) is 0 Å². The van der Waals surface area contributed by atoms with Crippen LogP contribution in [0, 0.1) is 5.92 Å². The molecule has 3 heterocycles. The van der Waals surface area contributed by atoms with Gasteiger partial charge in [-0.2, -0.15) is 0 Å². The molecule has 144 valence electrons. The zero-order valence-electron chi connectivity index (χ0n) is 15.4. The molecule has 0 saturated carbocycles. The maximum atomic E-state index is 13.5. The molecule has 0 bridgehead atoms. The molecule has 3 atom stereocenters. The molecule has 3 aliphatic heterocycles. The van der Waals surface area contributed by atoms with Gasteiger partial charge in [0.05, 0.1) is 24.8 Å². The number of hydrogen-bond donors (Lipinski definition) is 0. The number of hydrogen-bond acceptors (Lipinski definition) is 5. The van der Waals surface area contributed by atoms with Crippen molar-refractivity contribution in [1.82, 2.24) is 10.0 Å². The van der Waals surface area contributed by atoms with Crippen LogP contribution in [0.15, 0.2) is 53.0 Å². The van der Waals surface area contributed by atoms with Crippen molar-refractivity contribution >= 4 is 33.4 Å². The zero-order valence-corrected chi connectivity index (χ0v) is 17.0. The van der Waals surface area contributed by atoms with E-state index >= 15 is 0 Å². The number of carbonyl (C=O) groups excluding carboxylic acids is 2. The number of anilines is 1. The number of para-hydroxylation sites is 1. The van der Waals surface area contributed by atoms with Gasteiger partial charge >= 0.3 is 0 Å². The second kappa shape index (κ2) is 6.69. The summed E-state index contributed by atoms with van der Waals surface area (Å²) in [5.74, 6) is 0.107. The minimum Gasteiger partial charge on any atom is -0.497 e. The number of benzene rings is 2. The van der Waals surface area contributed by atoms with Crippen molar-refractivity contribution in [1.29, 1.82) is 0 Å². The lowest BCUT2D eigenvalue weighted by molar-refractivity contribution is -0.126. The Morgan fingerprint density at radius 2 is 1.61 bits per heavy atom. The Kier molecular flexibility index (Phi) is 4.26. The molecule has 0 aromatic heterocycles. The fourth-order valence-corrected chi connectivity index (χ4v) is 5.25. The molecule has 6 nitrogen and oxygen atoms in total. The van der Waals surface area contributed by atoms with E-state index in [1.807, 2.05) is 48.5 Å². The number of amides is 2. The number of halogens is 1. The van der Waals surface area contributed by atoms with Gasteiger partial charge in [-0.15, -0.1) is 0 Å². The lowest BCUT2D eigenvalue weighted by Gasteiger charge is -2.30. The highest BCUT2D eigenvalue weighted by molar-refractivity contribution is 9.10. The van der Waals surface area contributed by atoms with Crippen LogP contribution in [0.4, 0.5) is 5.69 Å². The van der Waals surface area contributed by atoms with Gasteiger partial charge in [0.25, 0.3) is 5.91 Å². The predicted octanol–water partition coefficient (Wildman–Crippen LogP) is 2.99. The summed E-state index contributed by atoms with van der Waals surface area (Å²) < 4.78 is 6.02. The van der Waals surface area contributed by atoms with Gasteiger partial charge in [-0.1, -0.05) is 24.3 Å². The van der Waals surface area contributed by atoms with Crippen molar-refractivity contribution in [2.75, 3.05) is 25.1 Å². The summed E-state index contributed by atoms with van der Waals surface area (Å²) in [5, 5.41) is 4.32. The van der Waals surface area contributed by atoms with E-state index in [1.54, 1.807) is 7.11 Å². The molecule has 2 aromatic rings. The summed E-state index contributed by atoms with van der Waals surface area (Å²) in [7, 11) is 1.64. The molecular formula is C21H20BrN3O3. The van der Waals surface area contributed by atoms with Crippen molar-refractivity contribution in [2.45, 2.75) is 18.5 Å². The van der Waals surface area contributed by atoms with E-state index in [2.05, 4.69) is 25.9 Å². The number of nitrogens with zero attached hydrogens (tertiary/aromatic N) is 3. The highest BCUT2D eigenvalue weighted by atomic mass is 79.9. The molecule has 3 aliphatic rings. The Balaban J connectivity index is 1.58. The lowest BCUT2D eigenvalue weighted by atomic mass is 9.90. The van der Waals surface area contributed by atoms with Crippen LogP contribution >= 0.6 is 15.9 Å². The zero-order chi connectivity index (χ0) is 19.4. The number of rotatable bonds is 3. The molecule has 0 spiro atoms. The van der Waals surface area contributed by atoms with Gasteiger partial charge < -0.3 is 4.74 Å². The molecule has 0 aliphatic carbocycles. The summed E-state index contributed by atoms with van der Waals surface area (Å²) >= 11 is 3.49. The summed E-state index contributed by atoms with van der Waals surface area (Å²) in [6.07, 6.45) is 0.992. The van der Waals surface area contributed by atoms with Crippen LogP contribution in [0.2, 0.25) is 0 Å². The highest BCUT2D eigenvalue weighted by Crippen LogP contribution is 2.49. The average Bonchev–Trinajstić information content (AvgIpc) is 3.35. The Labute approximate surface area is 171 Å². The van der Waals surface area contributed by atoms with E-state index in [4.69, 9.17) is 4.74 Å². The average molecular weight is 442 g/mol.